The Kier molecular flexibility index (Phi) is 4.39. The predicted octanol–water partition coefficient (Wildman–Crippen LogP) is 1.74. The number of nitrogens with zero attached hydrogens (tertiary/aromatic N) is 2. The summed E-state index contributed by atoms with van der Waals surface area (Å²) < 4.78 is 0. The van der Waals surface area contributed by atoms with Crippen molar-refractivity contribution in [3.8, 4) is 0 Å². The first kappa shape index (κ1) is 15.3. The van der Waals surface area contributed by atoms with Crippen LogP contribution in [0, 0.1) is 5.41 Å². The van der Waals surface area contributed by atoms with Gasteiger partial charge in [0, 0.05) is 43.9 Å². The Morgan fingerprint density at radius 1 is 1.40 bits per heavy atom. The highest BCUT2D eigenvalue weighted by Crippen LogP contribution is 2.29. The maximum absolute atomic E-state index is 12.6. The number of fused-ring (bicyclic) bond motifs is 1. The molecule has 0 aromatic carbocycles. The number of aromatic nitrogens is 2. The van der Waals surface area contributed by atoms with E-state index in [1.165, 1.54) is 6.42 Å². The first-order chi connectivity index (χ1) is 9.07. The average molecular weight is 299 g/mol. The smallest absolute Gasteiger partial charge is 0.274 e. The minimum Gasteiger partial charge on any atom is -0.337 e. The minimum atomic E-state index is 0. The summed E-state index contributed by atoms with van der Waals surface area (Å²) in [6.45, 7) is 7.87. The molecule has 0 spiro atoms. The van der Waals surface area contributed by atoms with Crippen LogP contribution in [-0.4, -0.2) is 40.6 Å². The monoisotopic (exact) mass is 298 g/mol. The van der Waals surface area contributed by atoms with Gasteiger partial charge in [0.15, 0.2) is 5.69 Å². The van der Waals surface area contributed by atoms with Crippen LogP contribution in [0.1, 0.15) is 48.4 Å². The van der Waals surface area contributed by atoms with Gasteiger partial charge in [0.05, 0.1) is 0 Å². The largest absolute Gasteiger partial charge is 0.337 e. The van der Waals surface area contributed by atoms with Gasteiger partial charge >= 0.3 is 0 Å². The molecular weight excluding hydrogens is 276 g/mol. The summed E-state index contributed by atoms with van der Waals surface area (Å²) in [5.74, 6) is 0.0916. The number of piperidine rings is 1. The number of rotatable bonds is 1. The zero-order chi connectivity index (χ0) is 13.5. The standard InChI is InChI=1S/C14H22N4O.ClH/c1-14(2)5-3-7-18(9-14)13(19)12-10-8-15-6-4-11(10)16-17-12;/h15H,3-9H2,1-2H3,(H,16,17);1H. The van der Waals surface area contributed by atoms with Crippen LogP contribution >= 0.6 is 12.4 Å². The van der Waals surface area contributed by atoms with Gasteiger partial charge in [-0.2, -0.15) is 5.10 Å². The third kappa shape index (κ3) is 2.83. The molecule has 0 radical (unpaired) electrons. The van der Waals surface area contributed by atoms with E-state index < -0.39 is 0 Å². The van der Waals surface area contributed by atoms with Gasteiger partial charge in [-0.1, -0.05) is 13.8 Å². The van der Waals surface area contributed by atoms with Gasteiger partial charge in [0.2, 0.25) is 0 Å². The van der Waals surface area contributed by atoms with Gasteiger partial charge in [-0.15, -0.1) is 12.4 Å². The normalized spacial score (nSPS) is 21.0. The summed E-state index contributed by atoms with van der Waals surface area (Å²) in [7, 11) is 0. The fraction of sp³-hybridized carbons (Fsp3) is 0.714. The Bertz CT molecular complexity index is 497. The summed E-state index contributed by atoms with van der Waals surface area (Å²) in [6.07, 6.45) is 3.21. The van der Waals surface area contributed by atoms with Crippen molar-refractivity contribution in [1.82, 2.24) is 20.4 Å². The number of halogens is 1. The van der Waals surface area contributed by atoms with Crippen LogP contribution in [0.3, 0.4) is 0 Å². The van der Waals surface area contributed by atoms with Crippen LogP contribution in [-0.2, 0) is 13.0 Å². The van der Waals surface area contributed by atoms with Gasteiger partial charge in [0.1, 0.15) is 0 Å². The number of H-pyrrole nitrogens is 1. The zero-order valence-corrected chi connectivity index (χ0v) is 13.0. The molecule has 1 fully saturated rings. The highest BCUT2D eigenvalue weighted by atomic mass is 35.5. The maximum Gasteiger partial charge on any atom is 0.274 e. The molecule has 0 saturated carbocycles. The quantitative estimate of drug-likeness (QED) is 0.830. The van der Waals surface area contributed by atoms with Crippen LogP contribution < -0.4 is 5.32 Å². The van der Waals surface area contributed by atoms with Gasteiger partial charge < -0.3 is 10.2 Å². The lowest BCUT2D eigenvalue weighted by Crippen LogP contribution is -2.44. The number of carbonyl (C=O) groups is 1. The van der Waals surface area contributed by atoms with Crippen LogP contribution in [0.2, 0.25) is 0 Å². The van der Waals surface area contributed by atoms with Crippen molar-refractivity contribution in [3.63, 3.8) is 0 Å². The number of nitrogens with one attached hydrogen (secondary N) is 2. The zero-order valence-electron chi connectivity index (χ0n) is 12.2. The maximum atomic E-state index is 12.6. The second-order valence-corrected chi connectivity index (χ2v) is 6.45. The molecule has 1 aromatic heterocycles. The molecule has 3 heterocycles. The fourth-order valence-electron chi connectivity index (χ4n) is 3.15. The summed E-state index contributed by atoms with van der Waals surface area (Å²) in [5.41, 5.74) is 3.04. The molecular formula is C14H23ClN4O. The van der Waals surface area contributed by atoms with Crippen LogP contribution in [0.4, 0.5) is 0 Å². The van der Waals surface area contributed by atoms with E-state index in [0.717, 1.165) is 50.3 Å². The molecule has 0 bridgehead atoms. The second-order valence-electron chi connectivity index (χ2n) is 6.45. The lowest BCUT2D eigenvalue weighted by atomic mass is 9.84. The number of aromatic amines is 1. The van der Waals surface area contributed by atoms with E-state index in [2.05, 4.69) is 29.4 Å². The van der Waals surface area contributed by atoms with E-state index in [0.29, 0.717) is 5.69 Å². The summed E-state index contributed by atoms with van der Waals surface area (Å²) in [4.78, 5) is 14.6. The Balaban J connectivity index is 0.00000147. The van der Waals surface area contributed by atoms with Gasteiger partial charge in [-0.3, -0.25) is 9.89 Å². The molecule has 0 aliphatic carbocycles. The molecule has 2 aliphatic heterocycles. The molecule has 20 heavy (non-hydrogen) atoms. The molecule has 1 amide bonds. The number of likely N-dealkylation sites (tertiary alicyclic amines) is 1. The molecule has 5 nitrogen and oxygen atoms in total. The topological polar surface area (TPSA) is 61.0 Å². The van der Waals surface area contributed by atoms with Gasteiger partial charge in [-0.05, 0) is 18.3 Å². The molecule has 3 rings (SSSR count). The van der Waals surface area contributed by atoms with Crippen molar-refractivity contribution in [2.75, 3.05) is 19.6 Å². The number of amides is 1. The molecule has 1 saturated heterocycles. The van der Waals surface area contributed by atoms with Gasteiger partial charge in [0.25, 0.3) is 5.91 Å². The number of hydrogen-bond acceptors (Lipinski definition) is 3. The van der Waals surface area contributed by atoms with E-state index in [4.69, 9.17) is 0 Å². The van der Waals surface area contributed by atoms with Crippen molar-refractivity contribution in [2.45, 2.75) is 39.7 Å². The molecule has 0 atom stereocenters. The van der Waals surface area contributed by atoms with Crippen LogP contribution in [0.5, 0.6) is 0 Å². The van der Waals surface area contributed by atoms with E-state index >= 15 is 0 Å². The lowest BCUT2D eigenvalue weighted by molar-refractivity contribution is 0.0576. The third-order valence-electron chi connectivity index (χ3n) is 4.20. The Morgan fingerprint density at radius 3 is 2.95 bits per heavy atom. The summed E-state index contributed by atoms with van der Waals surface area (Å²) in [6, 6.07) is 0. The number of carbonyl (C=O) groups excluding carboxylic acids is 1. The predicted molar refractivity (Wildman–Crippen MR) is 80.2 cm³/mol. The van der Waals surface area contributed by atoms with Crippen molar-refractivity contribution in [1.29, 1.82) is 0 Å². The van der Waals surface area contributed by atoms with E-state index in [1.807, 2.05) is 4.90 Å². The molecule has 0 unspecified atom stereocenters. The van der Waals surface area contributed by atoms with Gasteiger partial charge in [-0.25, -0.2) is 0 Å². The third-order valence-corrected chi connectivity index (χ3v) is 4.20. The molecule has 112 valence electrons. The highest BCUT2D eigenvalue weighted by Gasteiger charge is 2.32. The lowest BCUT2D eigenvalue weighted by Gasteiger charge is -2.37. The van der Waals surface area contributed by atoms with Crippen LogP contribution in [0.15, 0.2) is 0 Å². The highest BCUT2D eigenvalue weighted by molar-refractivity contribution is 5.94. The van der Waals surface area contributed by atoms with E-state index in [9.17, 15) is 4.79 Å². The number of hydrogen-bond donors (Lipinski definition) is 2. The van der Waals surface area contributed by atoms with E-state index in [-0.39, 0.29) is 23.7 Å². The Labute approximate surface area is 125 Å². The molecule has 6 heteroatoms. The SMILES string of the molecule is CC1(C)CCCN(C(=O)c2n[nH]c3c2CNCC3)C1.Cl. The van der Waals surface area contributed by atoms with Crippen molar-refractivity contribution >= 4 is 18.3 Å². The average Bonchev–Trinajstić information content (AvgIpc) is 2.80. The summed E-state index contributed by atoms with van der Waals surface area (Å²) in [5, 5.41) is 10.6. The molecule has 1 aromatic rings. The first-order valence-electron chi connectivity index (χ1n) is 7.13. The Hall–Kier alpha value is -1.07. The molecule has 2 N–H and O–H groups in total. The van der Waals surface area contributed by atoms with Crippen molar-refractivity contribution in [2.24, 2.45) is 5.41 Å². The van der Waals surface area contributed by atoms with Crippen molar-refractivity contribution < 1.29 is 4.79 Å². The summed E-state index contributed by atoms with van der Waals surface area (Å²) >= 11 is 0. The second kappa shape index (κ2) is 5.74. The fourth-order valence-corrected chi connectivity index (χ4v) is 3.15. The van der Waals surface area contributed by atoms with E-state index in [1.54, 1.807) is 0 Å². The Morgan fingerprint density at radius 2 is 2.20 bits per heavy atom. The molecule has 2 aliphatic rings. The minimum absolute atomic E-state index is 0. The first-order valence-corrected chi connectivity index (χ1v) is 7.13. The van der Waals surface area contributed by atoms with Crippen molar-refractivity contribution in [3.05, 3.63) is 17.0 Å². The van der Waals surface area contributed by atoms with Crippen LogP contribution in [0.25, 0.3) is 0 Å².